The molecule has 1 saturated heterocycles. The van der Waals surface area contributed by atoms with Crippen LogP contribution >= 0.6 is 0 Å². The van der Waals surface area contributed by atoms with Crippen molar-refractivity contribution in [3.63, 3.8) is 0 Å². The fourth-order valence-corrected chi connectivity index (χ4v) is 2.68. The van der Waals surface area contributed by atoms with Gasteiger partial charge in [-0.15, -0.1) is 0 Å². The van der Waals surface area contributed by atoms with Crippen LogP contribution in [0.15, 0.2) is 42.5 Å². The second-order valence-electron chi connectivity index (χ2n) is 5.88. The highest BCUT2D eigenvalue weighted by molar-refractivity contribution is 5.76. The van der Waals surface area contributed by atoms with Gasteiger partial charge in [-0.25, -0.2) is 0 Å². The Balaban J connectivity index is 1.74. The minimum absolute atomic E-state index is 0.269. The summed E-state index contributed by atoms with van der Waals surface area (Å²) in [6.07, 6.45) is 3.51. The lowest BCUT2D eigenvalue weighted by atomic mass is 10.2. The van der Waals surface area contributed by atoms with Crippen molar-refractivity contribution in [1.29, 1.82) is 0 Å². The Labute approximate surface area is 147 Å². The van der Waals surface area contributed by atoms with Gasteiger partial charge in [0, 0.05) is 12.0 Å². The molecule has 3 rings (SSSR count). The molecule has 5 heteroatoms. The van der Waals surface area contributed by atoms with E-state index in [1.54, 1.807) is 25.3 Å². The Morgan fingerprint density at radius 2 is 2.08 bits per heavy atom. The predicted molar refractivity (Wildman–Crippen MR) is 93.4 cm³/mol. The Morgan fingerprint density at radius 1 is 1.16 bits per heavy atom. The van der Waals surface area contributed by atoms with Gasteiger partial charge in [-0.1, -0.05) is 12.1 Å². The van der Waals surface area contributed by atoms with E-state index in [0.717, 1.165) is 36.9 Å². The maximum absolute atomic E-state index is 11.1. The summed E-state index contributed by atoms with van der Waals surface area (Å²) in [6.45, 7) is 1.05. The molecule has 0 aliphatic carbocycles. The van der Waals surface area contributed by atoms with Gasteiger partial charge < -0.3 is 18.9 Å². The van der Waals surface area contributed by atoms with Crippen molar-refractivity contribution in [2.24, 2.45) is 0 Å². The second-order valence-corrected chi connectivity index (χ2v) is 5.88. The molecule has 0 bridgehead atoms. The largest absolute Gasteiger partial charge is 0.497 e. The van der Waals surface area contributed by atoms with Gasteiger partial charge in [-0.2, -0.15) is 0 Å². The fourth-order valence-electron chi connectivity index (χ4n) is 2.68. The van der Waals surface area contributed by atoms with Gasteiger partial charge >= 0.3 is 0 Å². The number of carbonyl (C=O) groups excluding carboxylic acids is 1. The van der Waals surface area contributed by atoms with Crippen LogP contribution in [0.3, 0.4) is 0 Å². The lowest BCUT2D eigenvalue weighted by Crippen LogP contribution is -2.25. The lowest BCUT2D eigenvalue weighted by Gasteiger charge is -2.24. The van der Waals surface area contributed by atoms with Gasteiger partial charge in [0.25, 0.3) is 0 Å². The van der Waals surface area contributed by atoms with Crippen molar-refractivity contribution in [3.05, 3.63) is 53.6 Å². The van der Waals surface area contributed by atoms with E-state index in [9.17, 15) is 4.79 Å². The molecule has 0 amide bonds. The van der Waals surface area contributed by atoms with E-state index in [-0.39, 0.29) is 6.29 Å². The molecule has 1 atom stereocenters. The number of ether oxygens (including phenoxy) is 4. The molecule has 0 saturated carbocycles. The Bertz CT molecular complexity index is 707. The zero-order chi connectivity index (χ0) is 17.5. The average molecular weight is 342 g/mol. The van der Waals surface area contributed by atoms with E-state index >= 15 is 0 Å². The molecule has 0 spiro atoms. The predicted octanol–water partition coefficient (Wildman–Crippen LogP) is 3.99. The van der Waals surface area contributed by atoms with Gasteiger partial charge in [0.15, 0.2) is 17.8 Å². The number of methoxy groups -OCH3 is 1. The smallest absolute Gasteiger partial charge is 0.200 e. The van der Waals surface area contributed by atoms with Crippen LogP contribution in [0.25, 0.3) is 0 Å². The van der Waals surface area contributed by atoms with Crippen LogP contribution in [-0.4, -0.2) is 26.3 Å². The summed E-state index contributed by atoms with van der Waals surface area (Å²) in [5.41, 5.74) is 1.51. The molecule has 132 valence electrons. The molecular weight excluding hydrogens is 320 g/mol. The standard InChI is InChI=1S/C20H22O5/c1-22-17-6-4-5-16(11-17)14-24-19-12-15(13-21)8-9-18(19)25-20-7-2-3-10-23-20/h4-6,8-9,11-13,20H,2-3,7,10,14H2,1H3. The molecule has 2 aromatic rings. The number of rotatable bonds is 7. The molecule has 1 unspecified atom stereocenters. The number of benzene rings is 2. The van der Waals surface area contributed by atoms with Crippen LogP contribution < -0.4 is 14.2 Å². The fraction of sp³-hybridized carbons (Fsp3) is 0.350. The van der Waals surface area contributed by atoms with Gasteiger partial charge in [-0.05, 0) is 48.7 Å². The number of carbonyl (C=O) groups is 1. The van der Waals surface area contributed by atoms with Crippen molar-refractivity contribution in [3.8, 4) is 17.2 Å². The molecule has 1 aliphatic rings. The Kier molecular flexibility index (Phi) is 5.90. The first-order chi connectivity index (χ1) is 12.3. The first-order valence-electron chi connectivity index (χ1n) is 8.41. The maximum Gasteiger partial charge on any atom is 0.200 e. The average Bonchev–Trinajstić information content (AvgIpc) is 2.68. The van der Waals surface area contributed by atoms with Crippen LogP contribution in [0.4, 0.5) is 0 Å². The van der Waals surface area contributed by atoms with Gasteiger partial charge in [0.1, 0.15) is 18.6 Å². The summed E-state index contributed by atoms with van der Waals surface area (Å²) >= 11 is 0. The zero-order valence-corrected chi connectivity index (χ0v) is 14.3. The van der Waals surface area contributed by atoms with E-state index in [2.05, 4.69) is 0 Å². The third kappa shape index (κ3) is 4.73. The quantitative estimate of drug-likeness (QED) is 0.712. The molecular formula is C20H22O5. The summed E-state index contributed by atoms with van der Waals surface area (Å²) in [5.74, 6) is 1.89. The van der Waals surface area contributed by atoms with E-state index < -0.39 is 0 Å². The minimum atomic E-state index is -0.269. The lowest BCUT2D eigenvalue weighted by molar-refractivity contribution is -0.106. The normalized spacial score (nSPS) is 16.9. The van der Waals surface area contributed by atoms with Crippen molar-refractivity contribution >= 4 is 6.29 Å². The molecule has 0 aromatic heterocycles. The van der Waals surface area contributed by atoms with Crippen LogP contribution in [0, 0.1) is 0 Å². The van der Waals surface area contributed by atoms with E-state index in [4.69, 9.17) is 18.9 Å². The monoisotopic (exact) mass is 342 g/mol. The summed E-state index contributed by atoms with van der Waals surface area (Å²) in [5, 5.41) is 0. The molecule has 0 radical (unpaired) electrons. The molecule has 0 N–H and O–H groups in total. The third-order valence-corrected chi connectivity index (χ3v) is 4.03. The summed E-state index contributed by atoms with van der Waals surface area (Å²) in [6, 6.07) is 12.8. The summed E-state index contributed by atoms with van der Waals surface area (Å²) < 4.78 is 22.7. The number of hydrogen-bond donors (Lipinski definition) is 0. The van der Waals surface area contributed by atoms with Crippen molar-refractivity contribution < 1.29 is 23.7 Å². The van der Waals surface area contributed by atoms with Gasteiger partial charge in [-0.3, -0.25) is 4.79 Å². The highest BCUT2D eigenvalue weighted by atomic mass is 16.7. The third-order valence-electron chi connectivity index (χ3n) is 4.03. The molecule has 2 aromatic carbocycles. The summed E-state index contributed by atoms with van der Waals surface area (Å²) in [4.78, 5) is 11.1. The van der Waals surface area contributed by atoms with Gasteiger partial charge in [0.05, 0.1) is 13.7 Å². The maximum atomic E-state index is 11.1. The Hall–Kier alpha value is -2.53. The van der Waals surface area contributed by atoms with Crippen LogP contribution in [0.1, 0.15) is 35.2 Å². The van der Waals surface area contributed by atoms with Gasteiger partial charge in [0.2, 0.25) is 0 Å². The molecule has 1 heterocycles. The Morgan fingerprint density at radius 3 is 2.84 bits per heavy atom. The topological polar surface area (TPSA) is 54.0 Å². The van der Waals surface area contributed by atoms with Crippen LogP contribution in [0.2, 0.25) is 0 Å². The molecule has 5 nitrogen and oxygen atoms in total. The van der Waals surface area contributed by atoms with Crippen molar-refractivity contribution in [1.82, 2.24) is 0 Å². The molecule has 1 aliphatic heterocycles. The minimum Gasteiger partial charge on any atom is -0.497 e. The molecule has 1 fully saturated rings. The zero-order valence-electron chi connectivity index (χ0n) is 14.3. The second kappa shape index (κ2) is 8.53. The SMILES string of the molecule is COc1cccc(COc2cc(C=O)ccc2OC2CCCCO2)c1. The van der Waals surface area contributed by atoms with Crippen LogP contribution in [0.5, 0.6) is 17.2 Å². The first-order valence-corrected chi connectivity index (χ1v) is 8.41. The number of hydrogen-bond acceptors (Lipinski definition) is 5. The van der Waals surface area contributed by atoms with Crippen LogP contribution in [-0.2, 0) is 11.3 Å². The van der Waals surface area contributed by atoms with E-state index in [1.807, 2.05) is 24.3 Å². The first kappa shape index (κ1) is 17.3. The van der Waals surface area contributed by atoms with Crippen molar-refractivity contribution in [2.75, 3.05) is 13.7 Å². The van der Waals surface area contributed by atoms with E-state index in [0.29, 0.717) is 30.3 Å². The van der Waals surface area contributed by atoms with E-state index in [1.165, 1.54) is 0 Å². The molecule has 25 heavy (non-hydrogen) atoms. The highest BCUT2D eigenvalue weighted by Gasteiger charge is 2.18. The highest BCUT2D eigenvalue weighted by Crippen LogP contribution is 2.31. The number of aldehydes is 1. The summed E-state index contributed by atoms with van der Waals surface area (Å²) in [7, 11) is 1.63. The van der Waals surface area contributed by atoms with Crippen molar-refractivity contribution in [2.45, 2.75) is 32.2 Å².